The summed E-state index contributed by atoms with van der Waals surface area (Å²) < 4.78 is 24.4. The molecular weight excluding hydrogens is 357 g/mol. The Morgan fingerprint density at radius 3 is 2.50 bits per heavy atom. The largest absolute Gasteiger partial charge is 0.491 e. The highest BCUT2D eigenvalue weighted by molar-refractivity contribution is 5.33. The normalized spacial score (nSPS) is 12.3. The van der Waals surface area contributed by atoms with Gasteiger partial charge in [0, 0.05) is 13.1 Å². The minimum Gasteiger partial charge on any atom is -0.491 e. The van der Waals surface area contributed by atoms with Gasteiger partial charge in [-0.15, -0.1) is 0 Å². The summed E-state index contributed by atoms with van der Waals surface area (Å²) in [6.45, 7) is 5.80. The summed E-state index contributed by atoms with van der Waals surface area (Å²) in [6, 6.07) is 16.0. The molecule has 3 aromatic rings. The third kappa shape index (κ3) is 5.94. The summed E-state index contributed by atoms with van der Waals surface area (Å²) >= 11 is 0. The van der Waals surface area contributed by atoms with E-state index in [1.807, 2.05) is 37.3 Å². The molecule has 0 amide bonds. The fourth-order valence-corrected chi connectivity index (χ4v) is 3.00. The number of benzene rings is 2. The monoisotopic (exact) mass is 383 g/mol. The van der Waals surface area contributed by atoms with Crippen molar-refractivity contribution in [3.63, 3.8) is 0 Å². The zero-order valence-corrected chi connectivity index (χ0v) is 16.3. The highest BCUT2D eigenvalue weighted by atomic mass is 19.1. The van der Waals surface area contributed by atoms with E-state index < -0.39 is 6.10 Å². The van der Waals surface area contributed by atoms with Crippen LogP contribution in [0.4, 0.5) is 4.39 Å². The molecule has 0 fully saturated rings. The molecule has 0 aliphatic carbocycles. The van der Waals surface area contributed by atoms with Crippen molar-refractivity contribution in [2.45, 2.75) is 33.0 Å². The van der Waals surface area contributed by atoms with Crippen molar-refractivity contribution in [2.24, 2.45) is 0 Å². The lowest BCUT2D eigenvalue weighted by molar-refractivity contribution is 0.0604. The number of rotatable bonds is 9. The first-order valence-electron chi connectivity index (χ1n) is 9.37. The molecule has 0 aliphatic heterocycles. The standard InChI is InChI=1S/C23H26FNO3/c1-17-5-10-22(12-18(17)2)28-16-21(26)14-25(15-23-4-3-11-27-23)13-19-6-8-20(24)9-7-19/h3-12,21,26H,13-16H2,1-2H3. The van der Waals surface area contributed by atoms with Gasteiger partial charge in [0.1, 0.15) is 30.0 Å². The van der Waals surface area contributed by atoms with Crippen LogP contribution in [0.5, 0.6) is 5.75 Å². The first kappa shape index (κ1) is 20.1. The number of ether oxygens (including phenoxy) is 1. The Labute approximate surface area is 165 Å². The molecule has 28 heavy (non-hydrogen) atoms. The fourth-order valence-electron chi connectivity index (χ4n) is 3.00. The molecule has 148 valence electrons. The molecule has 1 atom stereocenters. The molecule has 0 saturated heterocycles. The zero-order chi connectivity index (χ0) is 19.9. The molecule has 4 nitrogen and oxygen atoms in total. The van der Waals surface area contributed by atoms with Crippen LogP contribution < -0.4 is 4.74 Å². The number of hydrogen-bond donors (Lipinski definition) is 1. The van der Waals surface area contributed by atoms with E-state index in [1.54, 1.807) is 18.4 Å². The van der Waals surface area contributed by atoms with Crippen molar-refractivity contribution in [3.8, 4) is 5.75 Å². The van der Waals surface area contributed by atoms with Crippen molar-refractivity contribution < 1.29 is 18.7 Å². The molecule has 5 heteroatoms. The average Bonchev–Trinajstić information content (AvgIpc) is 3.17. The Morgan fingerprint density at radius 2 is 1.82 bits per heavy atom. The third-order valence-corrected chi connectivity index (χ3v) is 4.67. The van der Waals surface area contributed by atoms with Crippen LogP contribution in [-0.2, 0) is 13.1 Å². The number of nitrogens with zero attached hydrogens (tertiary/aromatic N) is 1. The van der Waals surface area contributed by atoms with Gasteiger partial charge >= 0.3 is 0 Å². The molecule has 1 N–H and O–H groups in total. The molecular formula is C23H26FNO3. The number of halogens is 1. The van der Waals surface area contributed by atoms with Crippen molar-refractivity contribution in [1.29, 1.82) is 0 Å². The summed E-state index contributed by atoms with van der Waals surface area (Å²) in [5.41, 5.74) is 3.33. The van der Waals surface area contributed by atoms with Gasteiger partial charge in [-0.1, -0.05) is 18.2 Å². The minimum absolute atomic E-state index is 0.195. The van der Waals surface area contributed by atoms with E-state index in [4.69, 9.17) is 9.15 Å². The van der Waals surface area contributed by atoms with Gasteiger partial charge in [-0.2, -0.15) is 0 Å². The lowest BCUT2D eigenvalue weighted by Gasteiger charge is -2.24. The number of hydrogen-bond acceptors (Lipinski definition) is 4. The number of aryl methyl sites for hydroxylation is 2. The highest BCUT2D eigenvalue weighted by Crippen LogP contribution is 2.17. The highest BCUT2D eigenvalue weighted by Gasteiger charge is 2.15. The van der Waals surface area contributed by atoms with E-state index in [9.17, 15) is 9.50 Å². The molecule has 0 aliphatic rings. The Kier molecular flexibility index (Phi) is 6.85. The van der Waals surface area contributed by atoms with Crippen LogP contribution in [0.15, 0.2) is 65.3 Å². The SMILES string of the molecule is Cc1ccc(OCC(O)CN(Cc2ccc(F)cc2)Cc2ccco2)cc1C. The maximum absolute atomic E-state index is 13.2. The maximum Gasteiger partial charge on any atom is 0.123 e. The second kappa shape index (κ2) is 9.53. The predicted molar refractivity (Wildman–Crippen MR) is 107 cm³/mol. The van der Waals surface area contributed by atoms with Crippen molar-refractivity contribution in [2.75, 3.05) is 13.2 Å². The second-order valence-electron chi connectivity index (χ2n) is 7.09. The lowest BCUT2D eigenvalue weighted by atomic mass is 10.1. The summed E-state index contributed by atoms with van der Waals surface area (Å²) in [7, 11) is 0. The van der Waals surface area contributed by atoms with Crippen molar-refractivity contribution in [3.05, 3.63) is 89.1 Å². The van der Waals surface area contributed by atoms with Gasteiger partial charge in [-0.3, -0.25) is 4.90 Å². The zero-order valence-electron chi connectivity index (χ0n) is 16.3. The van der Waals surface area contributed by atoms with E-state index in [1.165, 1.54) is 17.7 Å². The van der Waals surface area contributed by atoms with Crippen molar-refractivity contribution in [1.82, 2.24) is 4.90 Å². The Bertz CT molecular complexity index is 862. The lowest BCUT2D eigenvalue weighted by Crippen LogP contribution is -2.35. The van der Waals surface area contributed by atoms with Crippen LogP contribution in [0, 0.1) is 19.7 Å². The van der Waals surface area contributed by atoms with Gasteiger partial charge in [0.15, 0.2) is 0 Å². The first-order chi connectivity index (χ1) is 13.5. The molecule has 0 radical (unpaired) electrons. The van der Waals surface area contributed by atoms with Gasteiger partial charge in [-0.25, -0.2) is 4.39 Å². The van der Waals surface area contributed by atoms with Gasteiger partial charge in [0.25, 0.3) is 0 Å². The molecule has 1 heterocycles. The predicted octanol–water partition coefficient (Wildman–Crippen LogP) is 4.48. The second-order valence-corrected chi connectivity index (χ2v) is 7.09. The third-order valence-electron chi connectivity index (χ3n) is 4.67. The first-order valence-corrected chi connectivity index (χ1v) is 9.37. The van der Waals surface area contributed by atoms with Crippen LogP contribution in [0.1, 0.15) is 22.5 Å². The van der Waals surface area contributed by atoms with Crippen LogP contribution >= 0.6 is 0 Å². The Morgan fingerprint density at radius 1 is 1.04 bits per heavy atom. The van der Waals surface area contributed by atoms with Gasteiger partial charge in [0.2, 0.25) is 0 Å². The summed E-state index contributed by atoms with van der Waals surface area (Å²) in [4.78, 5) is 2.06. The van der Waals surface area contributed by atoms with E-state index in [0.717, 1.165) is 22.6 Å². The summed E-state index contributed by atoms with van der Waals surface area (Å²) in [5, 5.41) is 10.5. The van der Waals surface area contributed by atoms with E-state index in [0.29, 0.717) is 19.6 Å². The molecule has 1 unspecified atom stereocenters. The minimum atomic E-state index is -0.669. The van der Waals surface area contributed by atoms with Crippen LogP contribution in [-0.4, -0.2) is 29.3 Å². The van der Waals surface area contributed by atoms with E-state index >= 15 is 0 Å². The molecule has 3 rings (SSSR count). The van der Waals surface area contributed by atoms with E-state index in [2.05, 4.69) is 11.8 Å². The number of aliphatic hydroxyl groups excluding tert-OH is 1. The topological polar surface area (TPSA) is 45.8 Å². The summed E-state index contributed by atoms with van der Waals surface area (Å²) in [5.74, 6) is 1.30. The molecule has 0 spiro atoms. The molecule has 0 bridgehead atoms. The Balaban J connectivity index is 1.60. The molecule has 0 saturated carbocycles. The van der Waals surface area contributed by atoms with E-state index in [-0.39, 0.29) is 12.4 Å². The van der Waals surface area contributed by atoms with Gasteiger partial charge < -0.3 is 14.3 Å². The van der Waals surface area contributed by atoms with Crippen LogP contribution in [0.25, 0.3) is 0 Å². The summed E-state index contributed by atoms with van der Waals surface area (Å²) in [6.07, 6.45) is 0.960. The van der Waals surface area contributed by atoms with Crippen LogP contribution in [0.3, 0.4) is 0 Å². The molecule has 2 aromatic carbocycles. The quantitative estimate of drug-likeness (QED) is 0.592. The van der Waals surface area contributed by atoms with Gasteiger partial charge in [-0.05, 0) is 66.9 Å². The number of aliphatic hydroxyl groups is 1. The van der Waals surface area contributed by atoms with Gasteiger partial charge in [0.05, 0.1) is 12.8 Å². The average molecular weight is 383 g/mol. The maximum atomic E-state index is 13.2. The van der Waals surface area contributed by atoms with Crippen molar-refractivity contribution >= 4 is 0 Å². The Hall–Kier alpha value is -2.63. The fraction of sp³-hybridized carbons (Fsp3) is 0.304. The molecule has 1 aromatic heterocycles. The van der Waals surface area contributed by atoms with Crippen LogP contribution in [0.2, 0.25) is 0 Å². The smallest absolute Gasteiger partial charge is 0.123 e. The number of furan rings is 1.